The molecule has 0 saturated carbocycles. The van der Waals surface area contributed by atoms with E-state index >= 15 is 0 Å². The summed E-state index contributed by atoms with van der Waals surface area (Å²) in [5.74, 6) is 1.46. The van der Waals surface area contributed by atoms with Gasteiger partial charge in [-0.15, -0.1) is 0 Å². The Morgan fingerprint density at radius 3 is 2.65 bits per heavy atom. The summed E-state index contributed by atoms with van der Waals surface area (Å²) >= 11 is 5.78. The molecule has 1 aromatic heterocycles. The van der Waals surface area contributed by atoms with Crippen molar-refractivity contribution in [1.29, 1.82) is 0 Å². The number of thiocarbonyl (C=S) groups is 1. The van der Waals surface area contributed by atoms with Gasteiger partial charge in [0.05, 0.1) is 6.54 Å². The van der Waals surface area contributed by atoms with Crippen molar-refractivity contribution in [1.82, 2.24) is 15.2 Å². The molecule has 172 valence electrons. The number of hydrogen-bond donors (Lipinski definition) is 2. The Morgan fingerprint density at radius 2 is 1.79 bits per heavy atom. The maximum Gasteiger partial charge on any atom is 0.253 e. The quantitative estimate of drug-likeness (QED) is 0.400. The van der Waals surface area contributed by atoms with E-state index < -0.39 is 0 Å². The molecule has 34 heavy (non-hydrogen) atoms. The fourth-order valence-corrected chi connectivity index (χ4v) is 4.24. The highest BCUT2D eigenvalue weighted by Gasteiger charge is 2.18. The molecule has 3 aromatic carbocycles. The van der Waals surface area contributed by atoms with Crippen LogP contribution in [0.3, 0.4) is 0 Å². The highest BCUT2D eigenvalue weighted by molar-refractivity contribution is 7.80. The average molecular weight is 472 g/mol. The van der Waals surface area contributed by atoms with Gasteiger partial charge in [-0.3, -0.25) is 4.79 Å². The van der Waals surface area contributed by atoms with Crippen molar-refractivity contribution in [3.05, 3.63) is 105 Å². The molecule has 7 heteroatoms. The molecule has 2 N–H and O–H groups in total. The Kier molecular flexibility index (Phi) is 6.18. The third-order valence-corrected chi connectivity index (χ3v) is 6.22. The molecular formula is C27H25N3O3S. The van der Waals surface area contributed by atoms with Crippen LogP contribution in [0.15, 0.2) is 77.6 Å². The van der Waals surface area contributed by atoms with E-state index in [1.54, 1.807) is 0 Å². The number of benzene rings is 3. The van der Waals surface area contributed by atoms with Gasteiger partial charge in [-0.25, -0.2) is 0 Å². The number of aryl methyl sites for hydroxylation is 1. The van der Waals surface area contributed by atoms with E-state index in [1.807, 2.05) is 78.6 Å². The summed E-state index contributed by atoms with van der Waals surface area (Å²) in [4.78, 5) is 17.9. The maximum atomic E-state index is 12.9. The van der Waals surface area contributed by atoms with Crippen LogP contribution >= 0.6 is 12.2 Å². The van der Waals surface area contributed by atoms with E-state index in [2.05, 4.69) is 16.4 Å². The largest absolute Gasteiger partial charge is 0.454 e. The number of H-pyrrole nitrogens is 1. The molecule has 0 atom stereocenters. The zero-order valence-electron chi connectivity index (χ0n) is 18.8. The summed E-state index contributed by atoms with van der Waals surface area (Å²) in [5.41, 5.74) is 4.66. The fraction of sp³-hybridized carbons (Fsp3) is 0.185. The SMILES string of the molecule is Cc1ccc2[nH]c(=O)c(CN(Cc3ccc4c(c3)OCO4)C(=S)NCc3ccccc3)cc2c1. The molecule has 5 rings (SSSR count). The fourth-order valence-electron chi connectivity index (χ4n) is 4.04. The average Bonchev–Trinajstić information content (AvgIpc) is 3.31. The summed E-state index contributed by atoms with van der Waals surface area (Å²) in [6.07, 6.45) is 0. The molecule has 0 fully saturated rings. The predicted molar refractivity (Wildman–Crippen MR) is 137 cm³/mol. The van der Waals surface area contributed by atoms with Crippen molar-refractivity contribution < 1.29 is 9.47 Å². The van der Waals surface area contributed by atoms with Gasteiger partial charge in [0.1, 0.15) is 0 Å². The standard InChI is InChI=1S/C27H25N3O3S/c1-18-7-9-23-21(11-18)13-22(26(31)29-23)16-30(27(34)28-14-19-5-3-2-4-6-19)15-20-8-10-24-25(12-20)33-17-32-24/h2-13H,14-17H2,1H3,(H,28,34)(H,29,31). The molecule has 0 bridgehead atoms. The third-order valence-electron chi connectivity index (χ3n) is 5.82. The molecule has 0 unspecified atom stereocenters. The van der Waals surface area contributed by atoms with Crippen LogP contribution in [0.5, 0.6) is 11.5 Å². The van der Waals surface area contributed by atoms with E-state index in [-0.39, 0.29) is 12.4 Å². The van der Waals surface area contributed by atoms with Crippen molar-refractivity contribution in [2.24, 2.45) is 0 Å². The topological polar surface area (TPSA) is 66.6 Å². The molecule has 6 nitrogen and oxygen atoms in total. The molecule has 1 aliphatic rings. The molecule has 4 aromatic rings. The van der Waals surface area contributed by atoms with Crippen molar-refractivity contribution in [3.8, 4) is 11.5 Å². The van der Waals surface area contributed by atoms with Crippen molar-refractivity contribution >= 4 is 28.2 Å². The number of hydrogen-bond acceptors (Lipinski definition) is 4. The Bertz CT molecular complexity index is 1400. The lowest BCUT2D eigenvalue weighted by molar-refractivity contribution is 0.174. The second kappa shape index (κ2) is 9.57. The third kappa shape index (κ3) is 4.89. The lowest BCUT2D eigenvalue weighted by atomic mass is 10.1. The molecule has 0 spiro atoms. The number of nitrogens with zero attached hydrogens (tertiary/aromatic N) is 1. The number of ether oxygens (including phenoxy) is 2. The monoisotopic (exact) mass is 471 g/mol. The van der Waals surface area contributed by atoms with Crippen LogP contribution in [0.2, 0.25) is 0 Å². The minimum absolute atomic E-state index is 0.113. The summed E-state index contributed by atoms with van der Waals surface area (Å²) < 4.78 is 11.0. The van der Waals surface area contributed by atoms with Crippen LogP contribution in [0.25, 0.3) is 10.9 Å². The maximum absolute atomic E-state index is 12.9. The number of nitrogens with one attached hydrogen (secondary N) is 2. The molecule has 0 saturated heterocycles. The summed E-state index contributed by atoms with van der Waals surface area (Å²) in [5, 5.41) is 4.92. The Morgan fingerprint density at radius 1 is 0.971 bits per heavy atom. The van der Waals surface area contributed by atoms with E-state index in [0.717, 1.165) is 39.1 Å². The van der Waals surface area contributed by atoms with E-state index in [0.29, 0.717) is 30.3 Å². The Labute approximate surface area is 203 Å². The van der Waals surface area contributed by atoms with Gasteiger partial charge in [-0.1, -0.05) is 48.0 Å². The molecule has 0 aliphatic carbocycles. The number of fused-ring (bicyclic) bond motifs is 2. The second-order valence-corrected chi connectivity index (χ2v) is 8.79. The van der Waals surface area contributed by atoms with Crippen molar-refractivity contribution in [3.63, 3.8) is 0 Å². The van der Waals surface area contributed by atoms with Crippen LogP contribution in [0.4, 0.5) is 0 Å². The second-order valence-electron chi connectivity index (χ2n) is 8.40. The molecule has 1 aliphatic heterocycles. The van der Waals surface area contributed by atoms with Gasteiger partial charge >= 0.3 is 0 Å². The number of aromatic amines is 1. The molecule has 0 amide bonds. The number of rotatable bonds is 6. The van der Waals surface area contributed by atoms with Gasteiger partial charge in [0, 0.05) is 24.2 Å². The predicted octanol–water partition coefficient (Wildman–Crippen LogP) is 4.64. The highest BCUT2D eigenvalue weighted by atomic mass is 32.1. The van der Waals surface area contributed by atoms with Crippen LogP contribution in [-0.4, -0.2) is 21.8 Å². The molecule has 0 radical (unpaired) electrons. The van der Waals surface area contributed by atoms with Gasteiger partial charge in [-0.2, -0.15) is 0 Å². The first-order chi connectivity index (χ1) is 16.5. The van der Waals surface area contributed by atoms with Gasteiger partial charge in [0.2, 0.25) is 6.79 Å². The zero-order valence-corrected chi connectivity index (χ0v) is 19.7. The lowest BCUT2D eigenvalue weighted by Gasteiger charge is -2.26. The van der Waals surface area contributed by atoms with Gasteiger partial charge < -0.3 is 24.7 Å². The van der Waals surface area contributed by atoms with Crippen LogP contribution in [0, 0.1) is 6.92 Å². The summed E-state index contributed by atoms with van der Waals surface area (Å²) in [7, 11) is 0. The van der Waals surface area contributed by atoms with Gasteiger partial charge in [-0.05, 0) is 66.0 Å². The number of pyridine rings is 1. The van der Waals surface area contributed by atoms with E-state index in [9.17, 15) is 4.79 Å². The first kappa shape index (κ1) is 22.0. The van der Waals surface area contributed by atoms with Crippen molar-refractivity contribution in [2.75, 3.05) is 6.79 Å². The lowest BCUT2D eigenvalue weighted by Crippen LogP contribution is -2.39. The smallest absolute Gasteiger partial charge is 0.253 e. The van der Waals surface area contributed by atoms with Crippen LogP contribution < -0.4 is 20.3 Å². The Balaban J connectivity index is 1.42. The van der Waals surface area contributed by atoms with Gasteiger partial charge in [0.25, 0.3) is 5.56 Å². The molecular weight excluding hydrogens is 446 g/mol. The highest BCUT2D eigenvalue weighted by Crippen LogP contribution is 2.33. The van der Waals surface area contributed by atoms with E-state index in [1.165, 1.54) is 0 Å². The number of aromatic nitrogens is 1. The van der Waals surface area contributed by atoms with Crippen LogP contribution in [0.1, 0.15) is 22.3 Å². The van der Waals surface area contributed by atoms with Crippen molar-refractivity contribution in [2.45, 2.75) is 26.6 Å². The normalized spacial score (nSPS) is 12.0. The van der Waals surface area contributed by atoms with Gasteiger partial charge in [0.15, 0.2) is 16.6 Å². The van der Waals surface area contributed by atoms with E-state index in [4.69, 9.17) is 21.7 Å². The summed E-state index contributed by atoms with van der Waals surface area (Å²) in [6, 6.07) is 23.9. The minimum atomic E-state index is -0.113. The Hall–Kier alpha value is -3.84. The first-order valence-electron chi connectivity index (χ1n) is 11.1. The minimum Gasteiger partial charge on any atom is -0.454 e. The first-order valence-corrected chi connectivity index (χ1v) is 11.5. The molecule has 2 heterocycles. The van der Waals surface area contributed by atoms with Crippen LogP contribution in [-0.2, 0) is 19.6 Å². The summed E-state index contributed by atoms with van der Waals surface area (Å²) in [6.45, 7) is 3.76. The zero-order chi connectivity index (χ0) is 23.5.